The number of rotatable bonds is 6. The Kier molecular flexibility index (Phi) is 4.82. The molecule has 2 heterocycles. The monoisotopic (exact) mass is 393 g/mol. The van der Waals surface area contributed by atoms with Gasteiger partial charge in [0, 0.05) is 36.6 Å². The molecule has 0 atom stereocenters. The molecule has 1 aliphatic heterocycles. The van der Waals surface area contributed by atoms with E-state index in [1.165, 1.54) is 12.1 Å². The fraction of sp³-hybridized carbons (Fsp3) is 0.450. The van der Waals surface area contributed by atoms with Gasteiger partial charge in [-0.3, -0.25) is 4.90 Å². The minimum absolute atomic E-state index is 0.149. The van der Waals surface area contributed by atoms with Crippen molar-refractivity contribution in [1.82, 2.24) is 9.88 Å². The van der Waals surface area contributed by atoms with Gasteiger partial charge >= 0.3 is 6.36 Å². The number of hydrogen-bond acceptors (Lipinski definition) is 5. The van der Waals surface area contributed by atoms with Crippen molar-refractivity contribution in [3.8, 4) is 11.6 Å². The van der Waals surface area contributed by atoms with Gasteiger partial charge in [-0.15, -0.1) is 13.2 Å². The average molecular weight is 393 g/mol. The molecule has 28 heavy (non-hydrogen) atoms. The number of ether oxygens (including phenoxy) is 2. The molecular formula is C20H22F3N3O2. The van der Waals surface area contributed by atoms with Gasteiger partial charge in [-0.2, -0.15) is 0 Å². The molecule has 4 rings (SSSR count). The molecule has 8 heteroatoms. The lowest BCUT2D eigenvalue weighted by Crippen LogP contribution is -2.32. The maximum atomic E-state index is 12.3. The van der Waals surface area contributed by atoms with Crippen LogP contribution in [-0.4, -0.2) is 41.6 Å². The van der Waals surface area contributed by atoms with Gasteiger partial charge in [0.25, 0.3) is 0 Å². The number of aromatic nitrogens is 1. The molecule has 2 aliphatic rings. The van der Waals surface area contributed by atoms with Crippen molar-refractivity contribution in [2.75, 3.05) is 24.7 Å². The quantitative estimate of drug-likeness (QED) is 0.736. The van der Waals surface area contributed by atoms with Crippen LogP contribution < -0.4 is 14.4 Å². The molecular weight excluding hydrogens is 371 g/mol. The minimum Gasteiger partial charge on any atom is -0.478 e. The second-order valence-electron chi connectivity index (χ2n) is 7.24. The standard InChI is InChI=1S/C20H22F3N3O2/c1-2-27-18-11-15(7-10-24-18)12-26-14-25(13-19(26)8-9-19)16-3-5-17(6-4-16)28-20(21,22)23/h3-7,10-11H,2,8-9,12-14H2,1H3. The molecule has 1 saturated heterocycles. The van der Waals surface area contributed by atoms with Crippen LogP contribution in [0.4, 0.5) is 18.9 Å². The summed E-state index contributed by atoms with van der Waals surface area (Å²) in [6.45, 7) is 4.89. The molecule has 2 fully saturated rings. The molecule has 1 aliphatic carbocycles. The van der Waals surface area contributed by atoms with E-state index in [9.17, 15) is 13.2 Å². The van der Waals surface area contributed by atoms with Gasteiger partial charge in [0.2, 0.25) is 5.88 Å². The fourth-order valence-electron chi connectivity index (χ4n) is 3.73. The van der Waals surface area contributed by atoms with Crippen molar-refractivity contribution in [3.63, 3.8) is 0 Å². The lowest BCUT2D eigenvalue weighted by molar-refractivity contribution is -0.274. The van der Waals surface area contributed by atoms with E-state index in [2.05, 4.69) is 19.5 Å². The van der Waals surface area contributed by atoms with Gasteiger partial charge in [-0.1, -0.05) is 0 Å². The first-order valence-electron chi connectivity index (χ1n) is 9.30. The number of pyridine rings is 1. The van der Waals surface area contributed by atoms with E-state index in [0.29, 0.717) is 12.5 Å². The normalized spacial score (nSPS) is 18.5. The summed E-state index contributed by atoms with van der Waals surface area (Å²) in [4.78, 5) is 8.84. The molecule has 0 unspecified atom stereocenters. The molecule has 0 bridgehead atoms. The third-order valence-corrected chi connectivity index (χ3v) is 5.22. The number of anilines is 1. The predicted octanol–water partition coefficient (Wildman–Crippen LogP) is 4.19. The predicted molar refractivity (Wildman–Crippen MR) is 98.3 cm³/mol. The molecule has 1 aromatic carbocycles. The van der Waals surface area contributed by atoms with Crippen LogP contribution in [0.2, 0.25) is 0 Å². The maximum absolute atomic E-state index is 12.3. The van der Waals surface area contributed by atoms with Crippen LogP contribution in [0.3, 0.4) is 0 Å². The molecule has 0 amide bonds. The number of halogens is 3. The number of hydrogen-bond donors (Lipinski definition) is 0. The van der Waals surface area contributed by atoms with Crippen LogP contribution in [-0.2, 0) is 6.54 Å². The fourth-order valence-corrected chi connectivity index (χ4v) is 3.73. The van der Waals surface area contributed by atoms with E-state index in [0.717, 1.165) is 43.9 Å². The maximum Gasteiger partial charge on any atom is 0.573 e. The van der Waals surface area contributed by atoms with Gasteiger partial charge in [0.1, 0.15) is 5.75 Å². The minimum atomic E-state index is -4.67. The zero-order valence-corrected chi connectivity index (χ0v) is 15.6. The second kappa shape index (κ2) is 7.16. The molecule has 1 saturated carbocycles. The summed E-state index contributed by atoms with van der Waals surface area (Å²) in [5.74, 6) is 0.426. The first-order valence-corrected chi connectivity index (χ1v) is 9.30. The van der Waals surface area contributed by atoms with E-state index in [4.69, 9.17) is 4.74 Å². The Morgan fingerprint density at radius 2 is 1.89 bits per heavy atom. The van der Waals surface area contributed by atoms with Gasteiger partial charge in [0.15, 0.2) is 0 Å². The van der Waals surface area contributed by atoms with E-state index in [-0.39, 0.29) is 11.3 Å². The average Bonchev–Trinajstić information content (AvgIpc) is 3.32. The van der Waals surface area contributed by atoms with Gasteiger partial charge in [-0.25, -0.2) is 4.98 Å². The lowest BCUT2D eigenvalue weighted by Gasteiger charge is -2.22. The highest BCUT2D eigenvalue weighted by molar-refractivity contribution is 5.51. The Bertz CT molecular complexity index is 822. The Morgan fingerprint density at radius 1 is 1.14 bits per heavy atom. The molecule has 5 nitrogen and oxygen atoms in total. The van der Waals surface area contributed by atoms with E-state index < -0.39 is 6.36 Å². The van der Waals surface area contributed by atoms with Gasteiger partial charge in [0.05, 0.1) is 13.3 Å². The highest BCUT2D eigenvalue weighted by Crippen LogP contribution is 2.48. The zero-order chi connectivity index (χ0) is 19.8. The van der Waals surface area contributed by atoms with Crippen molar-refractivity contribution in [2.24, 2.45) is 0 Å². The lowest BCUT2D eigenvalue weighted by atomic mass is 10.2. The van der Waals surface area contributed by atoms with Crippen LogP contribution in [0.25, 0.3) is 0 Å². The summed E-state index contributed by atoms with van der Waals surface area (Å²) in [7, 11) is 0. The highest BCUT2D eigenvalue weighted by atomic mass is 19.4. The molecule has 0 N–H and O–H groups in total. The molecule has 1 aromatic heterocycles. The van der Waals surface area contributed by atoms with E-state index >= 15 is 0 Å². The van der Waals surface area contributed by atoms with Gasteiger partial charge < -0.3 is 14.4 Å². The van der Waals surface area contributed by atoms with Crippen LogP contribution in [0.15, 0.2) is 42.6 Å². The molecule has 0 radical (unpaired) electrons. The Morgan fingerprint density at radius 3 is 2.54 bits per heavy atom. The van der Waals surface area contributed by atoms with Crippen molar-refractivity contribution in [3.05, 3.63) is 48.2 Å². The van der Waals surface area contributed by atoms with Crippen LogP contribution in [0.5, 0.6) is 11.6 Å². The molecule has 2 aromatic rings. The van der Waals surface area contributed by atoms with E-state index in [1.54, 1.807) is 18.3 Å². The van der Waals surface area contributed by atoms with Crippen molar-refractivity contribution >= 4 is 5.69 Å². The Hall–Kier alpha value is -2.48. The summed E-state index contributed by atoms with van der Waals surface area (Å²) in [5.41, 5.74) is 2.18. The molecule has 1 spiro atoms. The van der Waals surface area contributed by atoms with Crippen molar-refractivity contribution < 1.29 is 22.6 Å². The summed E-state index contributed by atoms with van der Waals surface area (Å²) in [5, 5.41) is 0. The number of nitrogens with zero attached hydrogens (tertiary/aromatic N) is 3. The third-order valence-electron chi connectivity index (χ3n) is 5.22. The first-order chi connectivity index (χ1) is 13.4. The highest BCUT2D eigenvalue weighted by Gasteiger charge is 2.53. The summed E-state index contributed by atoms with van der Waals surface area (Å²) >= 11 is 0. The first kappa shape index (κ1) is 18.9. The molecule has 150 valence electrons. The van der Waals surface area contributed by atoms with Crippen LogP contribution >= 0.6 is 0 Å². The topological polar surface area (TPSA) is 37.8 Å². The number of alkyl halides is 3. The Balaban J connectivity index is 1.44. The van der Waals surface area contributed by atoms with Crippen molar-refractivity contribution in [2.45, 2.75) is 38.2 Å². The third kappa shape index (κ3) is 4.16. The summed E-state index contributed by atoms with van der Waals surface area (Å²) < 4.78 is 46.4. The van der Waals surface area contributed by atoms with Crippen LogP contribution in [0.1, 0.15) is 25.3 Å². The summed E-state index contributed by atoms with van der Waals surface area (Å²) in [6, 6.07) is 10.0. The van der Waals surface area contributed by atoms with E-state index in [1.807, 2.05) is 19.1 Å². The Labute approximate surface area is 161 Å². The summed E-state index contributed by atoms with van der Waals surface area (Å²) in [6.07, 6.45) is -0.660. The largest absolute Gasteiger partial charge is 0.573 e. The smallest absolute Gasteiger partial charge is 0.478 e. The zero-order valence-electron chi connectivity index (χ0n) is 15.6. The SMILES string of the molecule is CCOc1cc(CN2CN(c3ccc(OC(F)(F)F)cc3)CC23CC3)ccn1. The van der Waals surface area contributed by atoms with Crippen LogP contribution in [0, 0.1) is 0 Å². The van der Waals surface area contributed by atoms with Crippen molar-refractivity contribution in [1.29, 1.82) is 0 Å². The second-order valence-corrected chi connectivity index (χ2v) is 7.24. The number of benzene rings is 1. The van der Waals surface area contributed by atoms with Gasteiger partial charge in [-0.05, 0) is 55.7 Å².